The molecule has 3 rings (SSSR count). The lowest BCUT2D eigenvalue weighted by Crippen LogP contribution is -2.38. The summed E-state index contributed by atoms with van der Waals surface area (Å²) < 4.78 is 6.31. The molecule has 3 aromatic rings. The molecule has 3 aromatic carbocycles. The molecule has 172 valence electrons. The average molecular weight is 443 g/mol. The molecule has 0 aliphatic heterocycles. The number of ether oxygens (including phenoxy) is 1. The third-order valence-electron chi connectivity index (χ3n) is 5.97. The molecule has 0 aliphatic carbocycles. The minimum Gasteiger partial charge on any atom is -0.489 e. The van der Waals surface area contributed by atoms with E-state index in [0.717, 1.165) is 29.8 Å². The first-order valence-corrected chi connectivity index (χ1v) is 11.7. The first-order valence-electron chi connectivity index (χ1n) is 11.7. The van der Waals surface area contributed by atoms with Crippen molar-refractivity contribution in [3.63, 3.8) is 0 Å². The van der Waals surface area contributed by atoms with Gasteiger partial charge in [0.05, 0.1) is 0 Å². The van der Waals surface area contributed by atoms with Gasteiger partial charge in [0.2, 0.25) is 0 Å². The largest absolute Gasteiger partial charge is 0.489 e. The summed E-state index contributed by atoms with van der Waals surface area (Å²) in [6.45, 7) is 10.4. The Balaban J connectivity index is 1.99. The summed E-state index contributed by atoms with van der Waals surface area (Å²) in [7, 11) is 0. The Morgan fingerprint density at radius 1 is 0.879 bits per heavy atom. The maximum Gasteiger partial charge on any atom is 0.123 e. The summed E-state index contributed by atoms with van der Waals surface area (Å²) >= 11 is 0. The number of nitrogens with zero attached hydrogens (tertiary/aromatic N) is 4. The van der Waals surface area contributed by atoms with E-state index in [1.165, 1.54) is 5.56 Å². The SMILES string of the molecule is CC(C)N(CC[C@H](c1ccccc1)c1cc(N=[N+]=[N-])ccc1OCc1ccccc1)C(C)C. The van der Waals surface area contributed by atoms with Crippen molar-refractivity contribution in [2.75, 3.05) is 6.54 Å². The molecular formula is C28H34N4O. The Bertz CT molecular complexity index is 1040. The summed E-state index contributed by atoms with van der Waals surface area (Å²) in [5.74, 6) is 0.941. The first-order chi connectivity index (χ1) is 16.0. The van der Waals surface area contributed by atoms with E-state index in [4.69, 9.17) is 10.3 Å². The molecule has 0 aliphatic rings. The molecule has 0 amide bonds. The fourth-order valence-electron chi connectivity index (χ4n) is 4.37. The van der Waals surface area contributed by atoms with Crippen LogP contribution < -0.4 is 4.74 Å². The van der Waals surface area contributed by atoms with Gasteiger partial charge < -0.3 is 4.74 Å². The highest BCUT2D eigenvalue weighted by molar-refractivity contribution is 5.51. The van der Waals surface area contributed by atoms with Crippen LogP contribution in [0.2, 0.25) is 0 Å². The molecule has 33 heavy (non-hydrogen) atoms. The normalized spacial score (nSPS) is 12.1. The van der Waals surface area contributed by atoms with E-state index < -0.39 is 0 Å². The molecule has 0 fully saturated rings. The zero-order chi connectivity index (χ0) is 23.6. The number of benzene rings is 3. The molecule has 0 unspecified atom stereocenters. The fraction of sp³-hybridized carbons (Fsp3) is 0.357. The topological polar surface area (TPSA) is 61.2 Å². The van der Waals surface area contributed by atoms with Gasteiger partial charge in [-0.1, -0.05) is 65.8 Å². The van der Waals surface area contributed by atoms with E-state index in [1.54, 1.807) is 0 Å². The van der Waals surface area contributed by atoms with E-state index in [0.29, 0.717) is 24.4 Å². The summed E-state index contributed by atoms with van der Waals surface area (Å²) in [4.78, 5) is 5.51. The Labute approximate surface area is 197 Å². The van der Waals surface area contributed by atoms with E-state index in [-0.39, 0.29) is 5.92 Å². The summed E-state index contributed by atoms with van der Waals surface area (Å²) in [5.41, 5.74) is 13.0. The van der Waals surface area contributed by atoms with Gasteiger partial charge in [0.1, 0.15) is 12.4 Å². The zero-order valence-corrected chi connectivity index (χ0v) is 20.1. The standard InChI is InChI=1S/C28H34N4O/c1-21(2)32(22(3)4)18-17-26(24-13-9-6-10-14-24)27-19-25(30-31-29)15-16-28(27)33-20-23-11-7-5-8-12-23/h5-16,19,21-22,26H,17-18,20H2,1-4H3/t26-/m1/s1. The van der Waals surface area contributed by atoms with Gasteiger partial charge in [0.25, 0.3) is 0 Å². The lowest BCUT2D eigenvalue weighted by Gasteiger charge is -2.32. The minimum absolute atomic E-state index is 0.116. The van der Waals surface area contributed by atoms with Gasteiger partial charge in [-0.05, 0) is 75.5 Å². The van der Waals surface area contributed by atoms with Crippen molar-refractivity contribution in [1.29, 1.82) is 0 Å². The summed E-state index contributed by atoms with van der Waals surface area (Å²) in [6.07, 6.45) is 0.932. The van der Waals surface area contributed by atoms with Crippen LogP contribution in [0.4, 0.5) is 5.69 Å². The Morgan fingerprint density at radius 2 is 1.52 bits per heavy atom. The maximum atomic E-state index is 9.01. The van der Waals surface area contributed by atoms with Crippen LogP contribution in [0.5, 0.6) is 5.75 Å². The van der Waals surface area contributed by atoms with E-state index >= 15 is 0 Å². The molecule has 1 atom stereocenters. The quantitative estimate of drug-likeness (QED) is 0.172. The molecule has 0 aromatic heterocycles. The molecule has 0 bridgehead atoms. The smallest absolute Gasteiger partial charge is 0.123 e. The molecule has 0 N–H and O–H groups in total. The number of azide groups is 1. The molecular weight excluding hydrogens is 408 g/mol. The highest BCUT2D eigenvalue weighted by atomic mass is 16.5. The molecule has 0 radical (unpaired) electrons. The highest BCUT2D eigenvalue weighted by Crippen LogP contribution is 2.38. The predicted octanol–water partition coefficient (Wildman–Crippen LogP) is 7.85. The van der Waals surface area contributed by atoms with Gasteiger partial charge in [0, 0.05) is 34.2 Å². The van der Waals surface area contributed by atoms with Crippen molar-refractivity contribution in [2.45, 2.75) is 58.7 Å². The second kappa shape index (κ2) is 12.1. The highest BCUT2D eigenvalue weighted by Gasteiger charge is 2.22. The second-order valence-electron chi connectivity index (χ2n) is 8.86. The molecule has 5 heteroatoms. The van der Waals surface area contributed by atoms with Crippen molar-refractivity contribution < 1.29 is 4.74 Å². The molecule has 0 heterocycles. The van der Waals surface area contributed by atoms with Crippen LogP contribution in [0, 0.1) is 0 Å². The van der Waals surface area contributed by atoms with Crippen molar-refractivity contribution in [3.8, 4) is 5.75 Å². The van der Waals surface area contributed by atoms with Gasteiger partial charge >= 0.3 is 0 Å². The number of rotatable bonds is 11. The van der Waals surface area contributed by atoms with Gasteiger partial charge in [-0.3, -0.25) is 4.90 Å². The molecule has 5 nitrogen and oxygen atoms in total. The predicted molar refractivity (Wildman–Crippen MR) is 136 cm³/mol. The van der Waals surface area contributed by atoms with Gasteiger partial charge in [-0.2, -0.15) is 0 Å². The number of hydrogen-bond donors (Lipinski definition) is 0. The van der Waals surface area contributed by atoms with Gasteiger partial charge in [0.15, 0.2) is 0 Å². The van der Waals surface area contributed by atoms with Crippen molar-refractivity contribution in [2.24, 2.45) is 5.11 Å². The van der Waals surface area contributed by atoms with Gasteiger partial charge in [-0.25, -0.2) is 0 Å². The zero-order valence-electron chi connectivity index (χ0n) is 20.1. The van der Waals surface area contributed by atoms with Crippen molar-refractivity contribution in [1.82, 2.24) is 4.90 Å². The lowest BCUT2D eigenvalue weighted by molar-refractivity contribution is 0.170. The molecule has 0 spiro atoms. The van der Waals surface area contributed by atoms with E-state index in [9.17, 15) is 0 Å². The number of hydrogen-bond acceptors (Lipinski definition) is 3. The van der Waals surface area contributed by atoms with Crippen LogP contribution in [0.1, 0.15) is 56.7 Å². The molecule has 0 saturated carbocycles. The maximum absolute atomic E-state index is 9.01. The van der Waals surface area contributed by atoms with E-state index in [2.05, 4.69) is 79.0 Å². The lowest BCUT2D eigenvalue weighted by atomic mass is 9.87. The third-order valence-corrected chi connectivity index (χ3v) is 5.97. The Morgan fingerprint density at radius 3 is 2.12 bits per heavy atom. The second-order valence-corrected chi connectivity index (χ2v) is 8.86. The van der Waals surface area contributed by atoms with Crippen LogP contribution in [-0.4, -0.2) is 23.5 Å². The van der Waals surface area contributed by atoms with Gasteiger partial charge in [-0.15, -0.1) is 0 Å². The van der Waals surface area contributed by atoms with Crippen LogP contribution in [-0.2, 0) is 6.61 Å². The fourth-order valence-corrected chi connectivity index (χ4v) is 4.37. The van der Waals surface area contributed by atoms with Crippen LogP contribution in [0.25, 0.3) is 10.4 Å². The first kappa shape index (κ1) is 24.4. The van der Waals surface area contributed by atoms with Crippen LogP contribution >= 0.6 is 0 Å². The van der Waals surface area contributed by atoms with Crippen molar-refractivity contribution >= 4 is 5.69 Å². The van der Waals surface area contributed by atoms with Crippen molar-refractivity contribution in [3.05, 3.63) is 106 Å². The molecule has 0 saturated heterocycles. The third kappa shape index (κ3) is 6.85. The Kier molecular flexibility index (Phi) is 8.94. The van der Waals surface area contributed by atoms with E-state index in [1.807, 2.05) is 42.5 Å². The summed E-state index contributed by atoms with van der Waals surface area (Å²) in [6, 6.07) is 27.3. The van der Waals surface area contributed by atoms with Crippen LogP contribution in [0.15, 0.2) is 84.0 Å². The average Bonchev–Trinajstić information content (AvgIpc) is 2.82. The summed E-state index contributed by atoms with van der Waals surface area (Å²) in [5, 5.41) is 3.87. The Hall–Kier alpha value is -3.27. The minimum atomic E-state index is 0.116. The monoisotopic (exact) mass is 442 g/mol. The van der Waals surface area contributed by atoms with Crippen LogP contribution in [0.3, 0.4) is 0 Å².